The highest BCUT2D eigenvalue weighted by Gasteiger charge is 2.18. The van der Waals surface area contributed by atoms with Crippen LogP contribution >= 0.6 is 0 Å². The molecule has 0 saturated carbocycles. The van der Waals surface area contributed by atoms with Gasteiger partial charge in [0, 0.05) is 18.1 Å². The van der Waals surface area contributed by atoms with Crippen molar-refractivity contribution in [3.63, 3.8) is 0 Å². The molecule has 3 rings (SSSR count). The summed E-state index contributed by atoms with van der Waals surface area (Å²) in [5.74, 6) is -0.362. The van der Waals surface area contributed by atoms with Crippen molar-refractivity contribution in [2.24, 2.45) is 0 Å². The summed E-state index contributed by atoms with van der Waals surface area (Å²) >= 11 is 0. The lowest BCUT2D eigenvalue weighted by atomic mass is 10.1. The maximum absolute atomic E-state index is 11.2. The van der Waals surface area contributed by atoms with Gasteiger partial charge in [-0.3, -0.25) is 0 Å². The van der Waals surface area contributed by atoms with Crippen molar-refractivity contribution in [1.29, 1.82) is 0 Å². The van der Waals surface area contributed by atoms with Crippen molar-refractivity contribution in [2.75, 3.05) is 13.7 Å². The normalized spacial score (nSPS) is 19.2. The lowest BCUT2D eigenvalue weighted by Gasteiger charge is -2.23. The minimum absolute atomic E-state index is 0.0103. The van der Waals surface area contributed by atoms with Gasteiger partial charge in [0.2, 0.25) is 0 Å². The van der Waals surface area contributed by atoms with E-state index in [4.69, 9.17) is 4.74 Å². The number of carbonyl (C=O) groups excluding carboxylic acids is 1. The van der Waals surface area contributed by atoms with Gasteiger partial charge >= 0.3 is 5.97 Å². The molecule has 1 unspecified atom stereocenters. The number of methoxy groups -OCH3 is 1. The fraction of sp³-hybridized carbons (Fsp3) is 0.375. The van der Waals surface area contributed by atoms with Crippen LogP contribution in [-0.4, -0.2) is 29.5 Å². The minimum Gasteiger partial charge on any atom is -0.466 e. The standard InChI is InChI=1S/C16H18N2O3/c1-20-16(19)8-6-12-5-7-13-11-17-18(14(13)10-12)15-4-2-3-9-21-15/h5-8,10-11,15H,2-4,9H2,1H3. The monoisotopic (exact) mass is 286 g/mol. The molecule has 0 spiro atoms. The van der Waals surface area contributed by atoms with E-state index in [2.05, 4.69) is 9.84 Å². The molecule has 2 aromatic rings. The summed E-state index contributed by atoms with van der Waals surface area (Å²) in [7, 11) is 1.37. The van der Waals surface area contributed by atoms with Crippen molar-refractivity contribution >= 4 is 22.9 Å². The van der Waals surface area contributed by atoms with E-state index in [1.54, 1.807) is 6.08 Å². The number of carbonyl (C=O) groups is 1. The number of aromatic nitrogens is 2. The lowest BCUT2D eigenvalue weighted by molar-refractivity contribution is -0.134. The third-order valence-corrected chi connectivity index (χ3v) is 3.66. The molecule has 1 aromatic carbocycles. The molecule has 1 atom stereocenters. The highest BCUT2D eigenvalue weighted by molar-refractivity contribution is 5.88. The molecule has 0 bridgehead atoms. The summed E-state index contributed by atoms with van der Waals surface area (Å²) in [4.78, 5) is 11.2. The topological polar surface area (TPSA) is 53.3 Å². The third-order valence-electron chi connectivity index (χ3n) is 3.66. The Morgan fingerprint density at radius 2 is 2.38 bits per heavy atom. The molecule has 2 heterocycles. The van der Waals surface area contributed by atoms with E-state index in [0.29, 0.717) is 0 Å². The van der Waals surface area contributed by atoms with Crippen molar-refractivity contribution in [1.82, 2.24) is 9.78 Å². The van der Waals surface area contributed by atoms with Crippen molar-refractivity contribution in [2.45, 2.75) is 25.5 Å². The van der Waals surface area contributed by atoms with Crippen LogP contribution in [0.25, 0.3) is 17.0 Å². The first-order valence-corrected chi connectivity index (χ1v) is 7.13. The Labute approximate surface area is 123 Å². The molecule has 0 radical (unpaired) electrons. The Balaban J connectivity index is 1.92. The number of ether oxygens (including phenoxy) is 2. The van der Waals surface area contributed by atoms with Gasteiger partial charge < -0.3 is 9.47 Å². The molecule has 0 N–H and O–H groups in total. The predicted molar refractivity (Wildman–Crippen MR) is 79.6 cm³/mol. The summed E-state index contributed by atoms with van der Waals surface area (Å²) in [6.07, 6.45) is 8.27. The van der Waals surface area contributed by atoms with Gasteiger partial charge in [0.05, 0.1) is 18.8 Å². The van der Waals surface area contributed by atoms with E-state index in [-0.39, 0.29) is 12.2 Å². The van der Waals surface area contributed by atoms with Crippen LogP contribution in [0, 0.1) is 0 Å². The number of fused-ring (bicyclic) bond motifs is 1. The lowest BCUT2D eigenvalue weighted by Crippen LogP contribution is -2.18. The van der Waals surface area contributed by atoms with Gasteiger partial charge in [0.1, 0.15) is 0 Å². The van der Waals surface area contributed by atoms with Gasteiger partial charge in [-0.25, -0.2) is 9.48 Å². The van der Waals surface area contributed by atoms with Gasteiger partial charge in [-0.05, 0) is 37.0 Å². The van der Waals surface area contributed by atoms with Crippen LogP contribution in [0.4, 0.5) is 0 Å². The number of esters is 1. The molecule has 0 aliphatic carbocycles. The molecular weight excluding hydrogens is 268 g/mol. The Hall–Kier alpha value is -2.14. The SMILES string of the molecule is COC(=O)C=Cc1ccc2cnn(C3CCCCO3)c2c1. The smallest absolute Gasteiger partial charge is 0.330 e. The van der Waals surface area contributed by atoms with Gasteiger partial charge in [-0.15, -0.1) is 0 Å². The van der Waals surface area contributed by atoms with Gasteiger partial charge in [0.15, 0.2) is 6.23 Å². The van der Waals surface area contributed by atoms with Crippen LogP contribution in [0.3, 0.4) is 0 Å². The minimum atomic E-state index is -0.362. The molecule has 110 valence electrons. The first-order valence-electron chi connectivity index (χ1n) is 7.13. The fourth-order valence-electron chi connectivity index (χ4n) is 2.54. The van der Waals surface area contributed by atoms with E-state index in [9.17, 15) is 4.79 Å². The Morgan fingerprint density at radius 3 is 3.14 bits per heavy atom. The zero-order chi connectivity index (χ0) is 14.7. The average molecular weight is 286 g/mol. The van der Waals surface area contributed by atoms with E-state index in [1.807, 2.05) is 29.1 Å². The molecular formula is C16H18N2O3. The first-order chi connectivity index (χ1) is 10.3. The second kappa shape index (κ2) is 6.10. The zero-order valence-electron chi connectivity index (χ0n) is 12.0. The van der Waals surface area contributed by atoms with Crippen molar-refractivity contribution in [3.8, 4) is 0 Å². The Bertz CT molecular complexity index is 669. The summed E-state index contributed by atoms with van der Waals surface area (Å²) in [5, 5.41) is 5.52. The van der Waals surface area contributed by atoms with Crippen LogP contribution in [0.15, 0.2) is 30.5 Å². The second-order valence-electron chi connectivity index (χ2n) is 5.09. The Morgan fingerprint density at radius 1 is 1.48 bits per heavy atom. The molecule has 1 aliphatic rings. The molecule has 5 heteroatoms. The van der Waals surface area contributed by atoms with Crippen LogP contribution in [0.1, 0.15) is 31.1 Å². The quantitative estimate of drug-likeness (QED) is 0.643. The predicted octanol–water partition coefficient (Wildman–Crippen LogP) is 2.92. The molecule has 1 aliphatic heterocycles. The van der Waals surface area contributed by atoms with Crippen LogP contribution in [0.5, 0.6) is 0 Å². The van der Waals surface area contributed by atoms with Crippen LogP contribution < -0.4 is 0 Å². The fourth-order valence-corrected chi connectivity index (χ4v) is 2.54. The first kappa shape index (κ1) is 13.8. The van der Waals surface area contributed by atoms with Crippen molar-refractivity contribution < 1.29 is 14.3 Å². The summed E-state index contributed by atoms with van der Waals surface area (Å²) in [5.41, 5.74) is 1.96. The number of hydrogen-bond acceptors (Lipinski definition) is 4. The molecule has 5 nitrogen and oxygen atoms in total. The van der Waals surface area contributed by atoms with E-state index in [0.717, 1.165) is 42.3 Å². The van der Waals surface area contributed by atoms with Gasteiger partial charge in [0.25, 0.3) is 0 Å². The van der Waals surface area contributed by atoms with E-state index in [1.165, 1.54) is 13.2 Å². The van der Waals surface area contributed by atoms with E-state index < -0.39 is 0 Å². The number of hydrogen-bond donors (Lipinski definition) is 0. The summed E-state index contributed by atoms with van der Waals surface area (Å²) in [6.45, 7) is 0.786. The highest BCUT2D eigenvalue weighted by atomic mass is 16.5. The molecule has 1 fully saturated rings. The van der Waals surface area contributed by atoms with Gasteiger partial charge in [-0.2, -0.15) is 5.10 Å². The number of nitrogens with zero attached hydrogens (tertiary/aromatic N) is 2. The van der Waals surface area contributed by atoms with Crippen molar-refractivity contribution in [3.05, 3.63) is 36.0 Å². The molecule has 21 heavy (non-hydrogen) atoms. The Kier molecular flexibility index (Phi) is 4.01. The molecule has 0 amide bonds. The van der Waals surface area contributed by atoms with E-state index >= 15 is 0 Å². The molecule has 1 saturated heterocycles. The second-order valence-corrected chi connectivity index (χ2v) is 5.09. The summed E-state index contributed by atoms with van der Waals surface area (Å²) in [6, 6.07) is 5.97. The zero-order valence-corrected chi connectivity index (χ0v) is 12.0. The summed E-state index contributed by atoms with van der Waals surface area (Å²) < 4.78 is 12.3. The number of benzene rings is 1. The van der Waals surface area contributed by atoms with Crippen LogP contribution in [0.2, 0.25) is 0 Å². The molecule has 1 aromatic heterocycles. The average Bonchev–Trinajstić information content (AvgIpc) is 2.96. The van der Waals surface area contributed by atoms with Gasteiger partial charge in [-0.1, -0.05) is 12.1 Å². The maximum atomic E-state index is 11.2. The number of rotatable bonds is 3. The third kappa shape index (κ3) is 2.97. The highest BCUT2D eigenvalue weighted by Crippen LogP contribution is 2.26. The van der Waals surface area contributed by atoms with Crippen LogP contribution in [-0.2, 0) is 14.3 Å². The maximum Gasteiger partial charge on any atom is 0.330 e. The largest absolute Gasteiger partial charge is 0.466 e.